The van der Waals surface area contributed by atoms with Gasteiger partial charge in [0.15, 0.2) is 0 Å². The van der Waals surface area contributed by atoms with Crippen LogP contribution in [0.5, 0.6) is 5.75 Å². The highest BCUT2D eigenvalue weighted by Crippen LogP contribution is 2.19. The molecule has 0 fully saturated rings. The van der Waals surface area contributed by atoms with Gasteiger partial charge < -0.3 is 15.4 Å². The van der Waals surface area contributed by atoms with Gasteiger partial charge in [0.05, 0.1) is 13.5 Å². The van der Waals surface area contributed by atoms with Crippen LogP contribution in [0.25, 0.3) is 0 Å². The lowest BCUT2D eigenvalue weighted by atomic mass is 10.1. The molecule has 0 aliphatic heterocycles. The van der Waals surface area contributed by atoms with E-state index in [1.54, 1.807) is 7.11 Å². The van der Waals surface area contributed by atoms with E-state index >= 15 is 0 Å². The molecule has 1 rings (SSSR count). The number of methoxy groups -OCH3 is 1. The molecule has 2 N–H and O–H groups in total. The number of carbonyl (C=O) groups excluding carboxylic acids is 1. The quantitative estimate of drug-likeness (QED) is 0.702. The molecule has 4 nitrogen and oxygen atoms in total. The summed E-state index contributed by atoms with van der Waals surface area (Å²) in [6.07, 6.45) is 1.50. The summed E-state index contributed by atoms with van der Waals surface area (Å²) in [6.45, 7) is 6.59. The molecule has 0 heterocycles. The molecule has 0 aliphatic carbocycles. The Hall–Kier alpha value is -1.55. The monoisotopic (exact) mass is 264 g/mol. The first-order valence-electron chi connectivity index (χ1n) is 6.78. The van der Waals surface area contributed by atoms with E-state index in [1.807, 2.05) is 25.1 Å². The number of aryl methyl sites for hydroxylation is 1. The topological polar surface area (TPSA) is 50.4 Å². The number of amides is 1. The van der Waals surface area contributed by atoms with Crippen LogP contribution in [0.1, 0.15) is 24.5 Å². The van der Waals surface area contributed by atoms with Gasteiger partial charge in [-0.1, -0.05) is 19.1 Å². The molecule has 0 radical (unpaired) electrons. The lowest BCUT2D eigenvalue weighted by Crippen LogP contribution is -2.33. The van der Waals surface area contributed by atoms with Gasteiger partial charge in [-0.05, 0) is 37.1 Å². The third-order valence-corrected chi connectivity index (χ3v) is 2.89. The second-order valence-corrected chi connectivity index (χ2v) is 4.58. The van der Waals surface area contributed by atoms with Gasteiger partial charge in [-0.25, -0.2) is 0 Å². The standard InChI is InChI=1S/C15H24N2O2/c1-4-7-16-8-9-17-15(18)11-13-6-5-12(2)14(10-13)19-3/h5-6,10,16H,4,7-9,11H2,1-3H3,(H,17,18). The Kier molecular flexibility index (Phi) is 6.97. The van der Waals surface area contributed by atoms with Crippen molar-refractivity contribution >= 4 is 5.91 Å². The van der Waals surface area contributed by atoms with E-state index in [2.05, 4.69) is 17.6 Å². The Morgan fingerprint density at radius 3 is 2.74 bits per heavy atom. The third kappa shape index (κ3) is 5.75. The van der Waals surface area contributed by atoms with Crippen molar-refractivity contribution in [1.29, 1.82) is 0 Å². The van der Waals surface area contributed by atoms with Gasteiger partial charge in [-0.3, -0.25) is 4.79 Å². The van der Waals surface area contributed by atoms with Crippen molar-refractivity contribution in [2.45, 2.75) is 26.7 Å². The average Bonchev–Trinajstić information content (AvgIpc) is 2.40. The Balaban J connectivity index is 2.35. The highest BCUT2D eigenvalue weighted by molar-refractivity contribution is 5.78. The van der Waals surface area contributed by atoms with Crippen molar-refractivity contribution < 1.29 is 9.53 Å². The zero-order chi connectivity index (χ0) is 14.1. The van der Waals surface area contributed by atoms with Crippen LogP contribution in [0, 0.1) is 6.92 Å². The predicted octanol–water partition coefficient (Wildman–Crippen LogP) is 1.66. The van der Waals surface area contributed by atoms with Crippen molar-refractivity contribution in [3.8, 4) is 5.75 Å². The van der Waals surface area contributed by atoms with Crippen LogP contribution in [0.15, 0.2) is 18.2 Å². The molecule has 0 bridgehead atoms. The maximum Gasteiger partial charge on any atom is 0.224 e. The molecule has 1 amide bonds. The molecule has 106 valence electrons. The van der Waals surface area contributed by atoms with Crippen molar-refractivity contribution in [3.63, 3.8) is 0 Å². The van der Waals surface area contributed by atoms with Gasteiger partial charge in [0.1, 0.15) is 5.75 Å². The van der Waals surface area contributed by atoms with E-state index in [0.29, 0.717) is 13.0 Å². The Morgan fingerprint density at radius 1 is 1.26 bits per heavy atom. The molecule has 0 saturated heterocycles. The van der Waals surface area contributed by atoms with E-state index in [9.17, 15) is 4.79 Å². The van der Waals surface area contributed by atoms with E-state index < -0.39 is 0 Å². The zero-order valence-electron chi connectivity index (χ0n) is 12.1. The largest absolute Gasteiger partial charge is 0.496 e. The number of carbonyl (C=O) groups is 1. The summed E-state index contributed by atoms with van der Waals surface area (Å²) in [7, 11) is 1.64. The maximum atomic E-state index is 11.7. The zero-order valence-corrected chi connectivity index (χ0v) is 12.1. The fourth-order valence-corrected chi connectivity index (χ4v) is 1.81. The Labute approximate surface area is 115 Å². The summed E-state index contributed by atoms with van der Waals surface area (Å²) >= 11 is 0. The molecule has 0 unspecified atom stereocenters. The Morgan fingerprint density at radius 2 is 2.05 bits per heavy atom. The van der Waals surface area contributed by atoms with Crippen LogP contribution in [0.3, 0.4) is 0 Å². The van der Waals surface area contributed by atoms with Gasteiger partial charge >= 0.3 is 0 Å². The molecule has 0 atom stereocenters. The molecule has 1 aromatic carbocycles. The van der Waals surface area contributed by atoms with E-state index in [0.717, 1.165) is 36.4 Å². The molecule has 1 aromatic rings. The number of benzene rings is 1. The lowest BCUT2D eigenvalue weighted by molar-refractivity contribution is -0.120. The Bertz CT molecular complexity index is 405. The molecule has 0 aromatic heterocycles. The first-order chi connectivity index (χ1) is 9.17. The number of rotatable bonds is 8. The van der Waals surface area contributed by atoms with Crippen LogP contribution in [0.2, 0.25) is 0 Å². The fraction of sp³-hybridized carbons (Fsp3) is 0.533. The smallest absolute Gasteiger partial charge is 0.224 e. The van der Waals surface area contributed by atoms with E-state index in [-0.39, 0.29) is 5.91 Å². The normalized spacial score (nSPS) is 10.3. The summed E-state index contributed by atoms with van der Waals surface area (Å²) in [5, 5.41) is 6.15. The maximum absolute atomic E-state index is 11.7. The average molecular weight is 264 g/mol. The predicted molar refractivity (Wildman–Crippen MR) is 77.6 cm³/mol. The second kappa shape index (κ2) is 8.53. The van der Waals surface area contributed by atoms with Gasteiger partial charge in [-0.15, -0.1) is 0 Å². The molecule has 19 heavy (non-hydrogen) atoms. The van der Waals surface area contributed by atoms with Gasteiger partial charge in [0.2, 0.25) is 5.91 Å². The lowest BCUT2D eigenvalue weighted by Gasteiger charge is -2.09. The highest BCUT2D eigenvalue weighted by Gasteiger charge is 2.05. The van der Waals surface area contributed by atoms with Crippen LogP contribution < -0.4 is 15.4 Å². The number of nitrogens with one attached hydrogen (secondary N) is 2. The van der Waals surface area contributed by atoms with E-state index in [1.165, 1.54) is 0 Å². The molecule has 4 heteroatoms. The van der Waals surface area contributed by atoms with Gasteiger partial charge in [0, 0.05) is 13.1 Å². The first-order valence-corrected chi connectivity index (χ1v) is 6.78. The number of hydrogen-bond donors (Lipinski definition) is 2. The summed E-state index contributed by atoms with van der Waals surface area (Å²) < 4.78 is 5.25. The molecular weight excluding hydrogens is 240 g/mol. The van der Waals surface area contributed by atoms with Crippen LogP contribution in [-0.2, 0) is 11.2 Å². The van der Waals surface area contributed by atoms with Gasteiger partial charge in [-0.2, -0.15) is 0 Å². The molecule has 0 spiro atoms. The van der Waals surface area contributed by atoms with Crippen molar-refractivity contribution in [2.75, 3.05) is 26.7 Å². The summed E-state index contributed by atoms with van der Waals surface area (Å²) in [6, 6.07) is 5.86. The molecule has 0 saturated carbocycles. The summed E-state index contributed by atoms with van der Waals surface area (Å²) in [5.41, 5.74) is 2.05. The second-order valence-electron chi connectivity index (χ2n) is 4.58. The van der Waals surface area contributed by atoms with Crippen molar-refractivity contribution in [3.05, 3.63) is 29.3 Å². The van der Waals surface area contributed by atoms with Crippen LogP contribution in [-0.4, -0.2) is 32.7 Å². The highest BCUT2D eigenvalue weighted by atomic mass is 16.5. The summed E-state index contributed by atoms with van der Waals surface area (Å²) in [4.78, 5) is 11.7. The number of ether oxygens (including phenoxy) is 1. The minimum Gasteiger partial charge on any atom is -0.496 e. The van der Waals surface area contributed by atoms with Crippen molar-refractivity contribution in [1.82, 2.24) is 10.6 Å². The first kappa shape index (κ1) is 15.5. The van der Waals surface area contributed by atoms with Gasteiger partial charge in [0.25, 0.3) is 0 Å². The fourth-order valence-electron chi connectivity index (χ4n) is 1.81. The minimum absolute atomic E-state index is 0.0456. The third-order valence-electron chi connectivity index (χ3n) is 2.89. The summed E-state index contributed by atoms with van der Waals surface area (Å²) in [5.74, 6) is 0.874. The minimum atomic E-state index is 0.0456. The number of hydrogen-bond acceptors (Lipinski definition) is 3. The van der Waals surface area contributed by atoms with Crippen LogP contribution >= 0.6 is 0 Å². The molecular formula is C15H24N2O2. The molecule has 0 aliphatic rings. The van der Waals surface area contributed by atoms with E-state index in [4.69, 9.17) is 4.74 Å². The van der Waals surface area contributed by atoms with Crippen molar-refractivity contribution in [2.24, 2.45) is 0 Å². The SMILES string of the molecule is CCCNCCNC(=O)Cc1ccc(C)c(OC)c1. The van der Waals surface area contributed by atoms with Crippen LogP contribution in [0.4, 0.5) is 0 Å².